The molecular weight excluding hydrogens is 240 g/mol. The summed E-state index contributed by atoms with van der Waals surface area (Å²) in [7, 11) is 1.99. The average molecular weight is 262 g/mol. The monoisotopic (exact) mass is 262 g/mol. The first-order valence-electron chi connectivity index (χ1n) is 7.23. The van der Waals surface area contributed by atoms with Crippen molar-refractivity contribution in [2.75, 3.05) is 13.1 Å². The highest BCUT2D eigenvalue weighted by Crippen LogP contribution is 2.30. The topological polar surface area (TPSA) is 50.2 Å². The van der Waals surface area contributed by atoms with Crippen LogP contribution in [0.4, 0.5) is 0 Å². The predicted molar refractivity (Wildman–Crippen MR) is 72.4 cm³/mol. The summed E-state index contributed by atoms with van der Waals surface area (Å²) < 4.78 is 2.00. The lowest BCUT2D eigenvalue weighted by Gasteiger charge is -2.29. The van der Waals surface area contributed by atoms with Crippen LogP contribution in [-0.2, 0) is 18.4 Å². The Morgan fingerprint density at radius 2 is 2.37 bits per heavy atom. The number of imidazole rings is 1. The second-order valence-corrected chi connectivity index (χ2v) is 5.69. The molecule has 5 heteroatoms. The number of nitrogens with one attached hydrogen (secondary N) is 1. The first-order valence-corrected chi connectivity index (χ1v) is 7.23. The highest BCUT2D eigenvalue weighted by molar-refractivity contribution is 5.79. The molecule has 2 aliphatic rings. The van der Waals surface area contributed by atoms with Crippen LogP contribution in [0, 0.1) is 5.92 Å². The Labute approximate surface area is 114 Å². The van der Waals surface area contributed by atoms with Gasteiger partial charge in [-0.3, -0.25) is 4.79 Å². The van der Waals surface area contributed by atoms with E-state index in [-0.39, 0.29) is 5.92 Å². The SMILES string of the molecule is Cn1ccnc1CN(C(=O)[C@H]1CCCNC1)C1CC1. The normalized spacial score (nSPS) is 23.3. The van der Waals surface area contributed by atoms with E-state index in [1.807, 2.05) is 17.8 Å². The van der Waals surface area contributed by atoms with Crippen molar-refractivity contribution in [1.29, 1.82) is 0 Å². The standard InChI is InChI=1S/C14H22N4O/c1-17-8-7-16-13(17)10-18(12-4-5-12)14(19)11-3-2-6-15-9-11/h7-8,11-12,15H,2-6,9-10H2,1H3/t11-/m0/s1. The van der Waals surface area contributed by atoms with Crippen LogP contribution < -0.4 is 5.32 Å². The van der Waals surface area contributed by atoms with Crippen LogP contribution in [0.25, 0.3) is 0 Å². The van der Waals surface area contributed by atoms with Crippen LogP contribution in [0.5, 0.6) is 0 Å². The quantitative estimate of drug-likeness (QED) is 0.877. The maximum Gasteiger partial charge on any atom is 0.227 e. The Morgan fingerprint density at radius 1 is 1.53 bits per heavy atom. The van der Waals surface area contributed by atoms with E-state index in [2.05, 4.69) is 15.2 Å². The molecule has 0 spiro atoms. The minimum Gasteiger partial charge on any atom is -0.337 e. The van der Waals surface area contributed by atoms with Gasteiger partial charge in [-0.25, -0.2) is 4.98 Å². The van der Waals surface area contributed by atoms with Gasteiger partial charge in [0, 0.05) is 32.0 Å². The molecule has 1 amide bonds. The Kier molecular flexibility index (Phi) is 3.55. The summed E-state index contributed by atoms with van der Waals surface area (Å²) >= 11 is 0. The number of piperidine rings is 1. The first-order chi connectivity index (χ1) is 9.25. The van der Waals surface area contributed by atoms with E-state index in [1.54, 1.807) is 6.20 Å². The molecule has 1 saturated carbocycles. The summed E-state index contributed by atoms with van der Waals surface area (Å²) in [6, 6.07) is 0.450. The van der Waals surface area contributed by atoms with E-state index in [0.717, 1.165) is 44.6 Å². The Bertz CT molecular complexity index is 446. The van der Waals surface area contributed by atoms with Crippen molar-refractivity contribution >= 4 is 5.91 Å². The number of hydrogen-bond acceptors (Lipinski definition) is 3. The molecule has 3 rings (SSSR count). The van der Waals surface area contributed by atoms with Crippen LogP contribution in [0.3, 0.4) is 0 Å². The zero-order chi connectivity index (χ0) is 13.2. The lowest BCUT2D eigenvalue weighted by Crippen LogP contribution is -2.44. The fourth-order valence-corrected chi connectivity index (χ4v) is 2.77. The molecule has 0 bridgehead atoms. The number of amides is 1. The Morgan fingerprint density at radius 3 is 2.95 bits per heavy atom. The number of nitrogens with zero attached hydrogens (tertiary/aromatic N) is 3. The van der Waals surface area contributed by atoms with Crippen molar-refractivity contribution in [1.82, 2.24) is 19.8 Å². The second kappa shape index (κ2) is 5.33. The molecule has 0 radical (unpaired) electrons. The zero-order valence-corrected chi connectivity index (χ0v) is 11.5. The molecule has 104 valence electrons. The molecule has 1 saturated heterocycles. The van der Waals surface area contributed by atoms with Gasteiger partial charge in [-0.1, -0.05) is 0 Å². The van der Waals surface area contributed by atoms with Gasteiger partial charge in [-0.05, 0) is 32.2 Å². The van der Waals surface area contributed by atoms with Gasteiger partial charge in [0.25, 0.3) is 0 Å². The van der Waals surface area contributed by atoms with Crippen LogP contribution in [0.15, 0.2) is 12.4 Å². The number of carbonyl (C=O) groups is 1. The fraction of sp³-hybridized carbons (Fsp3) is 0.714. The van der Waals surface area contributed by atoms with E-state index in [4.69, 9.17) is 0 Å². The zero-order valence-electron chi connectivity index (χ0n) is 11.5. The summed E-state index contributed by atoms with van der Waals surface area (Å²) in [6.07, 6.45) is 8.17. The smallest absolute Gasteiger partial charge is 0.227 e. The third-order valence-electron chi connectivity index (χ3n) is 4.15. The maximum absolute atomic E-state index is 12.7. The van der Waals surface area contributed by atoms with Crippen molar-refractivity contribution in [3.8, 4) is 0 Å². The molecule has 2 fully saturated rings. The second-order valence-electron chi connectivity index (χ2n) is 5.69. The van der Waals surface area contributed by atoms with E-state index < -0.39 is 0 Å². The molecule has 1 aromatic rings. The minimum atomic E-state index is 0.162. The van der Waals surface area contributed by atoms with Crippen LogP contribution >= 0.6 is 0 Å². The molecule has 1 aliphatic carbocycles. The summed E-state index contributed by atoms with van der Waals surface area (Å²) in [6.45, 7) is 2.54. The van der Waals surface area contributed by atoms with Crippen LogP contribution in [0.2, 0.25) is 0 Å². The van der Waals surface area contributed by atoms with E-state index in [1.165, 1.54) is 0 Å². The first kappa shape index (κ1) is 12.7. The third kappa shape index (κ3) is 2.81. The number of aromatic nitrogens is 2. The van der Waals surface area contributed by atoms with Crippen LogP contribution in [-0.4, -0.2) is 39.5 Å². The molecule has 0 unspecified atom stereocenters. The number of rotatable bonds is 4. The third-order valence-corrected chi connectivity index (χ3v) is 4.15. The lowest BCUT2D eigenvalue weighted by molar-refractivity contribution is -0.137. The molecule has 2 heterocycles. The predicted octanol–water partition coefficient (Wildman–Crippen LogP) is 0.911. The molecule has 1 atom stereocenters. The molecular formula is C14H22N4O. The Balaban J connectivity index is 1.70. The molecule has 0 aromatic carbocycles. The van der Waals surface area contributed by atoms with E-state index in [9.17, 15) is 4.79 Å². The van der Waals surface area contributed by atoms with Gasteiger partial charge in [0.1, 0.15) is 5.82 Å². The maximum atomic E-state index is 12.7. The summed E-state index contributed by atoms with van der Waals surface area (Å²) in [4.78, 5) is 19.1. The summed E-state index contributed by atoms with van der Waals surface area (Å²) in [5.74, 6) is 1.45. The van der Waals surface area contributed by atoms with E-state index >= 15 is 0 Å². The van der Waals surface area contributed by atoms with Crippen molar-refractivity contribution in [2.24, 2.45) is 13.0 Å². The molecule has 1 N–H and O–H groups in total. The number of aryl methyl sites for hydroxylation is 1. The van der Waals surface area contributed by atoms with Gasteiger partial charge >= 0.3 is 0 Å². The number of hydrogen-bond donors (Lipinski definition) is 1. The summed E-state index contributed by atoms with van der Waals surface area (Å²) in [5, 5.41) is 3.33. The van der Waals surface area contributed by atoms with Crippen molar-refractivity contribution in [3.05, 3.63) is 18.2 Å². The van der Waals surface area contributed by atoms with Crippen molar-refractivity contribution < 1.29 is 4.79 Å². The molecule has 1 aromatic heterocycles. The lowest BCUT2D eigenvalue weighted by atomic mass is 9.98. The van der Waals surface area contributed by atoms with Gasteiger partial charge in [0.2, 0.25) is 5.91 Å². The van der Waals surface area contributed by atoms with Crippen molar-refractivity contribution in [2.45, 2.75) is 38.3 Å². The van der Waals surface area contributed by atoms with Gasteiger partial charge in [-0.15, -0.1) is 0 Å². The molecule has 1 aliphatic heterocycles. The minimum absolute atomic E-state index is 0.162. The highest BCUT2D eigenvalue weighted by atomic mass is 16.2. The van der Waals surface area contributed by atoms with Gasteiger partial charge in [-0.2, -0.15) is 0 Å². The van der Waals surface area contributed by atoms with E-state index in [0.29, 0.717) is 18.5 Å². The van der Waals surface area contributed by atoms with Gasteiger partial charge in [0.05, 0.1) is 12.5 Å². The fourth-order valence-electron chi connectivity index (χ4n) is 2.77. The van der Waals surface area contributed by atoms with Gasteiger partial charge in [0.15, 0.2) is 0 Å². The van der Waals surface area contributed by atoms with Gasteiger partial charge < -0.3 is 14.8 Å². The average Bonchev–Trinajstić information content (AvgIpc) is 3.20. The Hall–Kier alpha value is -1.36. The van der Waals surface area contributed by atoms with Crippen LogP contribution in [0.1, 0.15) is 31.5 Å². The van der Waals surface area contributed by atoms with Crippen molar-refractivity contribution in [3.63, 3.8) is 0 Å². The molecule has 5 nitrogen and oxygen atoms in total. The largest absolute Gasteiger partial charge is 0.337 e. The summed E-state index contributed by atoms with van der Waals surface area (Å²) in [5.41, 5.74) is 0. The number of carbonyl (C=O) groups excluding carboxylic acids is 1. The molecule has 19 heavy (non-hydrogen) atoms. The highest BCUT2D eigenvalue weighted by Gasteiger charge is 2.36.